The third kappa shape index (κ3) is 3.74. The topological polar surface area (TPSA) is 118 Å². The van der Waals surface area contributed by atoms with Gasteiger partial charge in [0.05, 0.1) is 5.69 Å². The molecule has 9 heteroatoms. The monoisotopic (exact) mass is 467 g/mol. The number of oxime groups is 1. The van der Waals surface area contributed by atoms with Crippen LogP contribution in [0.15, 0.2) is 109 Å². The van der Waals surface area contributed by atoms with Crippen molar-refractivity contribution in [1.29, 1.82) is 0 Å². The lowest BCUT2D eigenvalue weighted by Gasteiger charge is -2.26. The predicted octanol–water partition coefficient (Wildman–Crippen LogP) is 4.32. The first-order valence-electron chi connectivity index (χ1n) is 10.7. The second kappa shape index (κ2) is 8.07. The molecule has 0 aliphatic carbocycles. The smallest absolute Gasteiger partial charge is 0.345 e. The number of nitrogens with one attached hydrogen (secondary N) is 1. The number of hydrogen-bond donors (Lipinski definition) is 2. The van der Waals surface area contributed by atoms with Crippen LogP contribution in [0.3, 0.4) is 0 Å². The van der Waals surface area contributed by atoms with Crippen molar-refractivity contribution in [3.63, 3.8) is 0 Å². The van der Waals surface area contributed by atoms with Gasteiger partial charge in [0.2, 0.25) is 0 Å². The van der Waals surface area contributed by atoms with Gasteiger partial charge >= 0.3 is 11.3 Å². The van der Waals surface area contributed by atoms with Crippen molar-refractivity contribution in [3.05, 3.63) is 117 Å². The number of hydrazine groups is 1. The van der Waals surface area contributed by atoms with Gasteiger partial charge in [-0.25, -0.2) is 14.6 Å². The van der Waals surface area contributed by atoms with Gasteiger partial charge in [-0.15, -0.1) is 0 Å². The van der Waals surface area contributed by atoms with Crippen molar-refractivity contribution < 1.29 is 18.8 Å². The molecule has 2 N–H and O–H groups in total. The zero-order valence-corrected chi connectivity index (χ0v) is 18.0. The Morgan fingerprint density at radius 1 is 0.829 bits per heavy atom. The minimum atomic E-state index is -0.961. The Balaban J connectivity index is 1.44. The van der Waals surface area contributed by atoms with Crippen molar-refractivity contribution >= 4 is 33.5 Å². The molecule has 1 atom stereocenters. The first-order valence-corrected chi connectivity index (χ1v) is 10.7. The van der Waals surface area contributed by atoms with E-state index in [-0.39, 0.29) is 11.3 Å². The molecule has 3 aromatic carbocycles. The molecule has 0 fully saturated rings. The number of phenolic OH excluding ortho intramolecular Hbond substituents is 1. The molecule has 172 valence electrons. The molecular weight excluding hydrogens is 450 g/mol. The molecule has 35 heavy (non-hydrogen) atoms. The maximum atomic E-state index is 12.9. The average Bonchev–Trinajstić information content (AvgIpc) is 3.27. The molecule has 2 aromatic heterocycles. The van der Waals surface area contributed by atoms with Crippen molar-refractivity contribution in [2.24, 2.45) is 5.16 Å². The van der Waals surface area contributed by atoms with Gasteiger partial charge in [0.1, 0.15) is 22.5 Å². The fourth-order valence-electron chi connectivity index (χ4n) is 3.97. The highest BCUT2D eigenvalue weighted by molar-refractivity contribution is 6.00. The molecule has 1 unspecified atom stereocenters. The van der Waals surface area contributed by atoms with Crippen molar-refractivity contribution in [3.8, 4) is 5.75 Å². The Morgan fingerprint density at radius 2 is 1.63 bits per heavy atom. The molecule has 0 saturated heterocycles. The van der Waals surface area contributed by atoms with Crippen LogP contribution in [0.4, 0.5) is 5.69 Å². The van der Waals surface area contributed by atoms with E-state index in [9.17, 15) is 14.7 Å². The standard InChI is InChI=1S/C26H17N3O6/c30-19-8-10-22-17(13-19)14-20(26(32)34-22)25-29(24(28-35-25)15-4-2-1-3-5-15)27-18-7-9-21-16(12-18)6-11-23(31)33-21/h1-14,25,27,30H. The summed E-state index contributed by atoms with van der Waals surface area (Å²) in [6.07, 6.45) is -0.961. The summed E-state index contributed by atoms with van der Waals surface area (Å²) in [5.74, 6) is 0.495. The average molecular weight is 467 g/mol. The van der Waals surface area contributed by atoms with Gasteiger partial charge in [0, 0.05) is 22.4 Å². The summed E-state index contributed by atoms with van der Waals surface area (Å²) in [5, 5.41) is 17.0. The molecule has 6 rings (SSSR count). The lowest BCUT2D eigenvalue weighted by molar-refractivity contribution is 0.0164. The van der Waals surface area contributed by atoms with Crippen molar-refractivity contribution in [1.82, 2.24) is 5.01 Å². The summed E-state index contributed by atoms with van der Waals surface area (Å²) in [5.41, 5.74) is 4.62. The fourth-order valence-corrected chi connectivity index (χ4v) is 3.97. The maximum Gasteiger partial charge on any atom is 0.345 e. The third-order valence-corrected chi connectivity index (χ3v) is 5.61. The highest BCUT2D eigenvalue weighted by Crippen LogP contribution is 2.32. The number of nitrogens with zero attached hydrogens (tertiary/aromatic N) is 2. The van der Waals surface area contributed by atoms with Crippen molar-refractivity contribution in [2.75, 3.05) is 5.43 Å². The number of rotatable bonds is 4. The maximum absolute atomic E-state index is 12.9. The Kier molecular flexibility index (Phi) is 4.74. The minimum Gasteiger partial charge on any atom is -0.508 e. The molecule has 0 saturated carbocycles. The molecule has 0 amide bonds. The number of fused-ring (bicyclic) bond motifs is 2. The fraction of sp³-hybridized carbons (Fsp3) is 0.0385. The van der Waals surface area contributed by atoms with Gasteiger partial charge in [-0.2, -0.15) is 0 Å². The van der Waals surface area contributed by atoms with Crippen LogP contribution < -0.4 is 16.7 Å². The van der Waals surface area contributed by atoms with Crippen LogP contribution in [0.25, 0.3) is 21.9 Å². The van der Waals surface area contributed by atoms with Gasteiger partial charge in [0.15, 0.2) is 5.84 Å². The quantitative estimate of drug-likeness (QED) is 0.375. The van der Waals surface area contributed by atoms with E-state index in [4.69, 9.17) is 13.7 Å². The number of anilines is 1. The summed E-state index contributed by atoms with van der Waals surface area (Å²) < 4.78 is 10.7. The lowest BCUT2D eigenvalue weighted by Crippen LogP contribution is -2.38. The third-order valence-electron chi connectivity index (χ3n) is 5.61. The molecular formula is C26H17N3O6. The number of amidine groups is 1. The second-order valence-corrected chi connectivity index (χ2v) is 7.94. The Hall–Kier alpha value is -5.05. The highest BCUT2D eigenvalue weighted by atomic mass is 16.7. The Morgan fingerprint density at radius 3 is 2.49 bits per heavy atom. The van der Waals surface area contributed by atoms with Crippen molar-refractivity contribution in [2.45, 2.75) is 6.23 Å². The van der Waals surface area contributed by atoms with Crippen LogP contribution in [0.1, 0.15) is 17.4 Å². The van der Waals surface area contributed by atoms with Crippen LogP contribution in [0, 0.1) is 0 Å². The summed E-state index contributed by atoms with van der Waals surface area (Å²) >= 11 is 0. The van der Waals surface area contributed by atoms with Crippen LogP contribution >= 0.6 is 0 Å². The summed E-state index contributed by atoms with van der Waals surface area (Å²) in [4.78, 5) is 30.1. The molecule has 0 bridgehead atoms. The first kappa shape index (κ1) is 20.5. The summed E-state index contributed by atoms with van der Waals surface area (Å²) in [7, 11) is 0. The molecule has 1 aliphatic heterocycles. The normalized spacial score (nSPS) is 15.3. The molecule has 1 aliphatic rings. The summed E-state index contributed by atoms with van der Waals surface area (Å²) in [6, 6.07) is 23.7. The van der Waals surface area contributed by atoms with E-state index in [1.54, 1.807) is 35.3 Å². The van der Waals surface area contributed by atoms with E-state index < -0.39 is 17.5 Å². The van der Waals surface area contributed by atoms with Gasteiger partial charge < -0.3 is 18.8 Å². The van der Waals surface area contributed by atoms with Crippen LogP contribution in [-0.2, 0) is 4.84 Å². The zero-order valence-electron chi connectivity index (χ0n) is 18.0. The molecule has 5 aromatic rings. The second-order valence-electron chi connectivity index (χ2n) is 7.94. The number of aromatic hydroxyl groups is 1. The highest BCUT2D eigenvalue weighted by Gasteiger charge is 2.35. The number of benzene rings is 3. The SMILES string of the molecule is O=c1ccc2cc(NN3C(c4ccccc4)=NOC3c3cc4cc(O)ccc4oc3=O)ccc2o1. The van der Waals surface area contributed by atoms with Gasteiger partial charge in [-0.3, -0.25) is 5.43 Å². The minimum absolute atomic E-state index is 0.0451. The van der Waals surface area contributed by atoms with E-state index in [2.05, 4.69) is 10.6 Å². The number of hydrogen-bond acceptors (Lipinski definition) is 9. The molecule has 0 radical (unpaired) electrons. The summed E-state index contributed by atoms with van der Waals surface area (Å²) in [6.45, 7) is 0. The van der Waals surface area contributed by atoms with Gasteiger partial charge in [-0.05, 0) is 48.5 Å². The number of phenols is 1. The molecule has 9 nitrogen and oxygen atoms in total. The van der Waals surface area contributed by atoms with Gasteiger partial charge in [0.25, 0.3) is 6.23 Å². The Bertz CT molecular complexity index is 1730. The van der Waals surface area contributed by atoms with Crippen LogP contribution in [0.2, 0.25) is 0 Å². The Labute approximate surface area is 197 Å². The largest absolute Gasteiger partial charge is 0.508 e. The molecule has 3 heterocycles. The van der Waals surface area contributed by atoms with E-state index in [0.717, 1.165) is 5.56 Å². The van der Waals surface area contributed by atoms with E-state index in [0.29, 0.717) is 33.5 Å². The lowest BCUT2D eigenvalue weighted by atomic mass is 10.1. The van der Waals surface area contributed by atoms with E-state index in [1.165, 1.54) is 24.3 Å². The van der Waals surface area contributed by atoms with Crippen LogP contribution in [-0.4, -0.2) is 16.0 Å². The first-order chi connectivity index (χ1) is 17.0. The van der Waals surface area contributed by atoms with Gasteiger partial charge in [-0.1, -0.05) is 35.5 Å². The predicted molar refractivity (Wildman–Crippen MR) is 129 cm³/mol. The van der Waals surface area contributed by atoms with E-state index in [1.807, 2.05) is 30.3 Å². The van der Waals surface area contributed by atoms with Crippen LogP contribution in [0.5, 0.6) is 5.75 Å². The van der Waals surface area contributed by atoms with E-state index >= 15 is 0 Å². The zero-order chi connectivity index (χ0) is 23.9. The molecule has 0 spiro atoms.